The van der Waals surface area contributed by atoms with Crippen molar-refractivity contribution in [3.05, 3.63) is 0 Å². The summed E-state index contributed by atoms with van der Waals surface area (Å²) in [6, 6.07) is 0.598. The first kappa shape index (κ1) is 21.9. The Morgan fingerprint density at radius 3 is 2.41 bits per heavy atom. The highest BCUT2D eigenvalue weighted by atomic mass is 127. The van der Waals surface area contributed by atoms with Crippen LogP contribution in [0.15, 0.2) is 4.99 Å². The predicted octanol–water partition coefficient (Wildman–Crippen LogP) is 2.41. The van der Waals surface area contributed by atoms with Gasteiger partial charge in [-0.25, -0.2) is 0 Å². The molecule has 1 N–H and O–H groups in total. The van der Waals surface area contributed by atoms with E-state index in [1.807, 2.05) is 7.05 Å². The van der Waals surface area contributed by atoms with Crippen molar-refractivity contribution in [3.8, 4) is 0 Å². The van der Waals surface area contributed by atoms with Gasteiger partial charge >= 0.3 is 0 Å². The van der Waals surface area contributed by atoms with Crippen LogP contribution in [0.1, 0.15) is 40.5 Å². The van der Waals surface area contributed by atoms with E-state index in [4.69, 9.17) is 4.74 Å². The minimum Gasteiger partial charge on any atom is -0.378 e. The number of aliphatic imine (C=N–C) groups is 1. The van der Waals surface area contributed by atoms with Gasteiger partial charge < -0.3 is 15.0 Å². The van der Waals surface area contributed by atoms with Crippen LogP contribution in [-0.2, 0) is 4.74 Å². The first-order valence-electron chi connectivity index (χ1n) is 8.43. The Kier molecular flexibility index (Phi) is 12.3. The fourth-order valence-electron chi connectivity index (χ4n) is 2.90. The average Bonchev–Trinajstić information content (AvgIpc) is 2.48. The Bertz CT molecular complexity index is 305. The van der Waals surface area contributed by atoms with Gasteiger partial charge in [-0.15, -0.1) is 24.0 Å². The number of nitrogens with zero attached hydrogens (tertiary/aromatic N) is 3. The second kappa shape index (κ2) is 12.4. The third-order valence-corrected chi connectivity index (χ3v) is 4.17. The summed E-state index contributed by atoms with van der Waals surface area (Å²) in [5, 5.41) is 3.50. The number of likely N-dealkylation sites (N-methyl/N-ethyl adjacent to an activating group) is 1. The Hall–Kier alpha value is -0.0800. The quantitative estimate of drug-likeness (QED) is 0.386. The van der Waals surface area contributed by atoms with Crippen molar-refractivity contribution in [2.75, 3.05) is 46.4 Å². The average molecular weight is 426 g/mol. The molecule has 0 aromatic rings. The molecule has 0 amide bonds. The van der Waals surface area contributed by atoms with Crippen LogP contribution >= 0.6 is 24.0 Å². The molecule has 0 aromatic carbocycles. The zero-order valence-corrected chi connectivity index (χ0v) is 17.3. The van der Waals surface area contributed by atoms with Crippen molar-refractivity contribution >= 4 is 29.9 Å². The van der Waals surface area contributed by atoms with E-state index < -0.39 is 0 Å². The van der Waals surface area contributed by atoms with Crippen LogP contribution < -0.4 is 5.32 Å². The lowest BCUT2D eigenvalue weighted by Crippen LogP contribution is -2.48. The summed E-state index contributed by atoms with van der Waals surface area (Å²) in [5.74, 6) is 1.03. The second-order valence-corrected chi connectivity index (χ2v) is 5.84. The van der Waals surface area contributed by atoms with Crippen LogP contribution in [0, 0.1) is 0 Å². The minimum absolute atomic E-state index is 0. The number of guanidine groups is 1. The highest BCUT2D eigenvalue weighted by Gasteiger charge is 2.21. The van der Waals surface area contributed by atoms with E-state index in [1.54, 1.807) is 0 Å². The molecule has 1 fully saturated rings. The standard InChI is InChI=1S/C16H34N4O.HI/c1-6-19(14(3)4)13-10-18-16(17-5)20-11-8-15(9-12-20)21-7-2;/h14-15H,6-13H2,1-5H3,(H,17,18);1H. The third-order valence-electron chi connectivity index (χ3n) is 4.17. The highest BCUT2D eigenvalue weighted by Crippen LogP contribution is 2.13. The van der Waals surface area contributed by atoms with Gasteiger partial charge in [-0.1, -0.05) is 6.92 Å². The van der Waals surface area contributed by atoms with Gasteiger partial charge in [0.25, 0.3) is 0 Å². The molecule has 5 nitrogen and oxygen atoms in total. The summed E-state index contributed by atoms with van der Waals surface area (Å²) in [7, 11) is 1.87. The molecule has 0 saturated carbocycles. The maximum Gasteiger partial charge on any atom is 0.193 e. The number of hydrogen-bond acceptors (Lipinski definition) is 3. The van der Waals surface area contributed by atoms with Crippen LogP contribution in [0.25, 0.3) is 0 Å². The van der Waals surface area contributed by atoms with Crippen LogP contribution in [-0.4, -0.2) is 74.3 Å². The number of halogens is 1. The van der Waals surface area contributed by atoms with Gasteiger partial charge in [-0.3, -0.25) is 9.89 Å². The summed E-state index contributed by atoms with van der Waals surface area (Å²) < 4.78 is 5.70. The lowest BCUT2D eigenvalue weighted by atomic mass is 10.1. The van der Waals surface area contributed by atoms with Crippen molar-refractivity contribution < 1.29 is 4.74 Å². The van der Waals surface area contributed by atoms with Crippen molar-refractivity contribution in [3.63, 3.8) is 0 Å². The predicted molar refractivity (Wildman–Crippen MR) is 105 cm³/mol. The smallest absolute Gasteiger partial charge is 0.193 e. The molecule has 1 aliphatic rings. The summed E-state index contributed by atoms with van der Waals surface area (Å²) in [4.78, 5) is 9.23. The summed E-state index contributed by atoms with van der Waals surface area (Å²) >= 11 is 0. The Morgan fingerprint density at radius 2 is 1.95 bits per heavy atom. The normalized spacial score (nSPS) is 17.0. The van der Waals surface area contributed by atoms with Gasteiger partial charge in [0, 0.05) is 45.9 Å². The Morgan fingerprint density at radius 1 is 1.32 bits per heavy atom. The first-order valence-corrected chi connectivity index (χ1v) is 8.43. The third kappa shape index (κ3) is 7.46. The molecule has 1 aliphatic heterocycles. The number of nitrogens with one attached hydrogen (secondary N) is 1. The number of likely N-dealkylation sites (tertiary alicyclic amines) is 1. The van der Waals surface area contributed by atoms with Crippen molar-refractivity contribution in [1.29, 1.82) is 0 Å². The van der Waals surface area contributed by atoms with Gasteiger partial charge in [0.15, 0.2) is 5.96 Å². The number of rotatable bonds is 7. The van der Waals surface area contributed by atoms with Gasteiger partial charge in [-0.2, -0.15) is 0 Å². The summed E-state index contributed by atoms with van der Waals surface area (Å²) in [6.07, 6.45) is 2.63. The number of ether oxygens (including phenoxy) is 1. The Labute approximate surface area is 153 Å². The molecular weight excluding hydrogens is 391 g/mol. The zero-order chi connectivity index (χ0) is 15.7. The van der Waals surface area contributed by atoms with E-state index in [9.17, 15) is 0 Å². The Balaban J connectivity index is 0.00000441. The van der Waals surface area contributed by atoms with E-state index in [-0.39, 0.29) is 24.0 Å². The summed E-state index contributed by atoms with van der Waals surface area (Å²) in [5.41, 5.74) is 0. The largest absolute Gasteiger partial charge is 0.378 e. The molecule has 0 bridgehead atoms. The number of hydrogen-bond donors (Lipinski definition) is 1. The summed E-state index contributed by atoms with van der Waals surface area (Å²) in [6.45, 7) is 14.8. The maximum atomic E-state index is 5.70. The molecule has 0 aliphatic carbocycles. The fourth-order valence-corrected chi connectivity index (χ4v) is 2.90. The van der Waals surface area contributed by atoms with E-state index in [1.165, 1.54) is 0 Å². The first-order chi connectivity index (χ1) is 10.1. The molecule has 1 heterocycles. The molecule has 6 heteroatoms. The molecule has 1 saturated heterocycles. The van der Waals surface area contributed by atoms with Crippen LogP contribution in [0.5, 0.6) is 0 Å². The minimum atomic E-state index is 0. The van der Waals surface area contributed by atoms with Crippen LogP contribution in [0.2, 0.25) is 0 Å². The molecule has 0 spiro atoms. The van der Waals surface area contributed by atoms with Crippen LogP contribution in [0.3, 0.4) is 0 Å². The van der Waals surface area contributed by atoms with E-state index in [0.717, 1.165) is 58.1 Å². The van der Waals surface area contributed by atoms with Crippen molar-refractivity contribution in [2.24, 2.45) is 4.99 Å². The van der Waals surface area contributed by atoms with Crippen molar-refractivity contribution in [1.82, 2.24) is 15.1 Å². The van der Waals surface area contributed by atoms with Gasteiger partial charge in [0.05, 0.1) is 6.10 Å². The monoisotopic (exact) mass is 426 g/mol. The zero-order valence-electron chi connectivity index (χ0n) is 15.0. The highest BCUT2D eigenvalue weighted by molar-refractivity contribution is 14.0. The molecule has 0 atom stereocenters. The van der Waals surface area contributed by atoms with E-state index >= 15 is 0 Å². The molecule has 1 rings (SSSR count). The molecular formula is C16H35IN4O. The SMILES string of the molecule is CCOC1CCN(C(=NC)NCCN(CC)C(C)C)CC1.I. The molecule has 0 aromatic heterocycles. The van der Waals surface area contributed by atoms with Gasteiger partial charge in [0.2, 0.25) is 0 Å². The lowest BCUT2D eigenvalue weighted by Gasteiger charge is -2.34. The fraction of sp³-hybridized carbons (Fsp3) is 0.938. The van der Waals surface area contributed by atoms with E-state index in [0.29, 0.717) is 12.1 Å². The lowest BCUT2D eigenvalue weighted by molar-refractivity contribution is 0.0263. The molecule has 132 valence electrons. The van der Waals surface area contributed by atoms with Crippen LogP contribution in [0.4, 0.5) is 0 Å². The van der Waals surface area contributed by atoms with Crippen molar-refractivity contribution in [2.45, 2.75) is 52.7 Å². The topological polar surface area (TPSA) is 40.1 Å². The molecule has 22 heavy (non-hydrogen) atoms. The number of piperidine rings is 1. The molecule has 0 radical (unpaired) electrons. The molecule has 0 unspecified atom stereocenters. The van der Waals surface area contributed by atoms with Gasteiger partial charge in [0.1, 0.15) is 0 Å². The second-order valence-electron chi connectivity index (χ2n) is 5.84. The van der Waals surface area contributed by atoms with Gasteiger partial charge in [-0.05, 0) is 40.2 Å². The maximum absolute atomic E-state index is 5.70. The van der Waals surface area contributed by atoms with E-state index in [2.05, 4.69) is 47.8 Å².